The molecule has 5 nitrogen and oxygen atoms in total. The van der Waals surface area contributed by atoms with Gasteiger partial charge >= 0.3 is 0 Å². The molecule has 0 fully saturated rings. The largest absolute Gasteiger partial charge is 0.354 e. The maximum absolute atomic E-state index is 5.27. The summed E-state index contributed by atoms with van der Waals surface area (Å²) in [4.78, 5) is 5.04. The van der Waals surface area contributed by atoms with E-state index < -0.39 is 0 Å². The van der Waals surface area contributed by atoms with Crippen molar-refractivity contribution in [2.45, 2.75) is 0 Å². The van der Waals surface area contributed by atoms with Crippen LogP contribution < -0.4 is 11.2 Å². The monoisotopic (exact) mass is 193 g/mol. The number of hydrogen-bond acceptors (Lipinski definition) is 5. The lowest BCUT2D eigenvalue weighted by Crippen LogP contribution is -2.12. The average Bonchev–Trinajstić information content (AvgIpc) is 2.63. The van der Waals surface area contributed by atoms with Gasteiger partial charge in [0, 0.05) is 6.54 Å². The highest BCUT2D eigenvalue weighted by molar-refractivity contribution is 5.87. The minimum absolute atomic E-state index is 0.432. The van der Waals surface area contributed by atoms with Crippen molar-refractivity contribution in [3.05, 3.63) is 24.3 Å². The van der Waals surface area contributed by atoms with E-state index in [1.807, 2.05) is 24.3 Å². The van der Waals surface area contributed by atoms with Crippen LogP contribution in [-0.4, -0.2) is 18.3 Å². The summed E-state index contributed by atoms with van der Waals surface area (Å²) in [7, 11) is 0. The Hall–Kier alpha value is -1.59. The Morgan fingerprint density at radius 3 is 3.14 bits per heavy atom. The molecule has 0 aliphatic heterocycles. The van der Waals surface area contributed by atoms with Crippen LogP contribution >= 0.6 is 0 Å². The Morgan fingerprint density at radius 2 is 2.29 bits per heavy atom. The number of aromatic nitrogens is 1. The molecule has 5 heteroatoms. The van der Waals surface area contributed by atoms with Gasteiger partial charge in [0.25, 0.3) is 0 Å². The Kier molecular flexibility index (Phi) is 2.62. The van der Waals surface area contributed by atoms with Crippen molar-refractivity contribution < 1.29 is 9.36 Å². The Balaban J connectivity index is 2.17. The van der Waals surface area contributed by atoms with E-state index in [-0.39, 0.29) is 0 Å². The second-order valence-electron chi connectivity index (χ2n) is 2.77. The smallest absolute Gasteiger partial charge is 0.201 e. The zero-order valence-electron chi connectivity index (χ0n) is 7.56. The molecule has 0 atom stereocenters. The molecule has 0 radical (unpaired) electrons. The van der Waals surface area contributed by atoms with Crippen molar-refractivity contribution in [3.8, 4) is 0 Å². The van der Waals surface area contributed by atoms with Gasteiger partial charge < -0.3 is 10.3 Å². The maximum atomic E-state index is 5.27. The van der Waals surface area contributed by atoms with Crippen molar-refractivity contribution >= 4 is 16.8 Å². The second-order valence-corrected chi connectivity index (χ2v) is 2.77. The van der Waals surface area contributed by atoms with E-state index in [0.29, 0.717) is 19.0 Å². The van der Waals surface area contributed by atoms with Crippen molar-refractivity contribution in [1.29, 1.82) is 0 Å². The molecule has 2 rings (SSSR count). The number of hydrogen-bond donors (Lipinski definition) is 2. The third-order valence-corrected chi connectivity index (χ3v) is 1.77. The fourth-order valence-electron chi connectivity index (χ4n) is 1.14. The first-order chi connectivity index (χ1) is 6.92. The van der Waals surface area contributed by atoms with Gasteiger partial charge in [-0.25, -0.2) is 5.48 Å². The molecule has 0 spiro atoms. The Bertz CT molecular complexity index is 413. The van der Waals surface area contributed by atoms with Gasteiger partial charge in [-0.3, -0.25) is 4.84 Å². The van der Waals surface area contributed by atoms with Crippen molar-refractivity contribution in [2.24, 2.45) is 5.73 Å². The highest BCUT2D eigenvalue weighted by Gasteiger charge is 2.05. The lowest BCUT2D eigenvalue weighted by Gasteiger charge is -2.00. The molecular formula is C9H11N3O2. The van der Waals surface area contributed by atoms with E-state index in [1.54, 1.807) is 0 Å². The molecule has 0 bridgehead atoms. The van der Waals surface area contributed by atoms with Gasteiger partial charge in [0.2, 0.25) is 5.82 Å². The molecule has 0 amide bonds. The van der Waals surface area contributed by atoms with Gasteiger partial charge in [0.15, 0.2) is 5.58 Å². The quantitative estimate of drug-likeness (QED) is 0.562. The molecule has 3 N–H and O–H groups in total. The predicted octanol–water partition coefficient (Wildman–Crippen LogP) is 1.13. The molecule has 0 saturated heterocycles. The van der Waals surface area contributed by atoms with Crippen molar-refractivity contribution in [2.75, 3.05) is 18.6 Å². The fraction of sp³-hybridized carbons (Fsp3) is 0.222. The summed E-state index contributed by atoms with van der Waals surface area (Å²) in [6, 6.07) is 7.54. The molecular weight excluding hydrogens is 182 g/mol. The molecule has 0 aliphatic rings. The van der Waals surface area contributed by atoms with Gasteiger partial charge in [-0.05, 0) is 12.1 Å². The number of nitrogens with one attached hydrogen (secondary N) is 1. The number of rotatable bonds is 4. The molecule has 0 saturated carbocycles. The van der Waals surface area contributed by atoms with Crippen LogP contribution in [0.3, 0.4) is 0 Å². The van der Waals surface area contributed by atoms with Crippen LogP contribution in [-0.2, 0) is 4.84 Å². The van der Waals surface area contributed by atoms with E-state index in [0.717, 1.165) is 11.0 Å². The van der Waals surface area contributed by atoms with E-state index in [4.69, 9.17) is 15.1 Å². The van der Waals surface area contributed by atoms with Gasteiger partial charge in [0.1, 0.15) is 0 Å². The molecule has 14 heavy (non-hydrogen) atoms. The maximum Gasteiger partial charge on any atom is 0.201 e. The molecule has 1 aromatic carbocycles. The van der Waals surface area contributed by atoms with Crippen LogP contribution in [0.25, 0.3) is 11.0 Å². The van der Waals surface area contributed by atoms with Crippen LogP contribution in [0.2, 0.25) is 0 Å². The molecule has 0 aliphatic carbocycles. The van der Waals surface area contributed by atoms with Crippen molar-refractivity contribution in [3.63, 3.8) is 0 Å². The summed E-state index contributed by atoms with van der Waals surface area (Å²) in [5.74, 6) is 0.578. The van der Waals surface area contributed by atoms with Crippen molar-refractivity contribution in [1.82, 2.24) is 5.16 Å². The van der Waals surface area contributed by atoms with Gasteiger partial charge in [0.05, 0.1) is 12.0 Å². The summed E-state index contributed by atoms with van der Waals surface area (Å²) >= 11 is 0. The van der Waals surface area contributed by atoms with Crippen LogP contribution in [0.1, 0.15) is 0 Å². The third-order valence-electron chi connectivity index (χ3n) is 1.77. The van der Waals surface area contributed by atoms with Gasteiger partial charge in [-0.15, -0.1) is 0 Å². The standard InChI is InChI=1S/C9H11N3O2/c10-5-6-13-11-9-7-3-1-2-4-8(7)14-12-9/h1-4H,5-6,10H2,(H,11,12). The zero-order chi connectivity index (χ0) is 9.80. The molecule has 1 heterocycles. The van der Waals surface area contributed by atoms with Gasteiger partial charge in [-0.2, -0.15) is 0 Å². The molecule has 2 aromatic rings. The molecule has 1 aromatic heterocycles. The first-order valence-corrected chi connectivity index (χ1v) is 4.34. The highest BCUT2D eigenvalue weighted by Crippen LogP contribution is 2.21. The van der Waals surface area contributed by atoms with Crippen LogP contribution in [0, 0.1) is 0 Å². The van der Waals surface area contributed by atoms with Gasteiger partial charge in [-0.1, -0.05) is 17.3 Å². The highest BCUT2D eigenvalue weighted by atomic mass is 16.6. The number of anilines is 1. The van der Waals surface area contributed by atoms with E-state index >= 15 is 0 Å². The second kappa shape index (κ2) is 4.08. The first-order valence-electron chi connectivity index (χ1n) is 4.34. The summed E-state index contributed by atoms with van der Waals surface area (Å²) in [5.41, 5.74) is 8.68. The average molecular weight is 193 g/mol. The minimum atomic E-state index is 0.432. The van der Waals surface area contributed by atoms with E-state index in [2.05, 4.69) is 10.6 Å². The Morgan fingerprint density at radius 1 is 1.43 bits per heavy atom. The van der Waals surface area contributed by atoms with Crippen LogP contribution in [0.5, 0.6) is 0 Å². The topological polar surface area (TPSA) is 73.3 Å². The number of fused-ring (bicyclic) bond motifs is 1. The number of benzene rings is 1. The fourth-order valence-corrected chi connectivity index (χ4v) is 1.14. The van der Waals surface area contributed by atoms with Crippen LogP contribution in [0.15, 0.2) is 28.8 Å². The molecule has 0 unspecified atom stereocenters. The number of para-hydroxylation sites is 1. The SMILES string of the molecule is NCCONc1noc2ccccc12. The Labute approximate surface area is 80.8 Å². The summed E-state index contributed by atoms with van der Waals surface area (Å²) in [5, 5.41) is 4.71. The lowest BCUT2D eigenvalue weighted by molar-refractivity contribution is 0.200. The summed E-state index contributed by atoms with van der Waals surface area (Å²) < 4.78 is 5.06. The number of nitrogens with two attached hydrogens (primary N) is 1. The van der Waals surface area contributed by atoms with Crippen LogP contribution in [0.4, 0.5) is 5.82 Å². The summed E-state index contributed by atoms with van der Waals surface area (Å²) in [6.45, 7) is 0.893. The lowest BCUT2D eigenvalue weighted by atomic mass is 10.2. The van der Waals surface area contributed by atoms with E-state index in [9.17, 15) is 0 Å². The normalized spacial score (nSPS) is 10.6. The molecule has 74 valence electrons. The summed E-state index contributed by atoms with van der Waals surface area (Å²) in [6.07, 6.45) is 0. The predicted molar refractivity (Wildman–Crippen MR) is 52.6 cm³/mol. The minimum Gasteiger partial charge on any atom is -0.354 e. The third kappa shape index (κ3) is 1.68. The first kappa shape index (κ1) is 8.98. The number of nitrogens with zero attached hydrogens (tertiary/aromatic N) is 1. The van der Waals surface area contributed by atoms with E-state index in [1.165, 1.54) is 0 Å². The zero-order valence-corrected chi connectivity index (χ0v) is 7.56.